The molecule has 1 N–H and O–H groups in total. The van der Waals surface area contributed by atoms with Gasteiger partial charge in [0.05, 0.1) is 15.0 Å². The average Bonchev–Trinajstić information content (AvgIpc) is 3.01. The average molecular weight is 322 g/mol. The van der Waals surface area contributed by atoms with Crippen LogP contribution in [0.5, 0.6) is 0 Å². The molecule has 0 fully saturated rings. The minimum absolute atomic E-state index is 0.138. The molecule has 0 aliphatic carbocycles. The summed E-state index contributed by atoms with van der Waals surface area (Å²) in [6.45, 7) is 7.35. The monoisotopic (exact) mass is 321 g/mol. The zero-order valence-corrected chi connectivity index (χ0v) is 14.5. The van der Waals surface area contributed by atoms with E-state index in [2.05, 4.69) is 50.4 Å². The van der Waals surface area contributed by atoms with Gasteiger partial charge in [-0.1, -0.05) is 51.1 Å². The first kappa shape index (κ1) is 16.4. The number of nitrogens with one attached hydrogen (secondary N) is 1. The largest absolute Gasteiger partial charge is 0.309 e. The Morgan fingerprint density at radius 3 is 2.33 bits per heavy atom. The lowest BCUT2D eigenvalue weighted by Gasteiger charge is -2.18. The van der Waals surface area contributed by atoms with Crippen molar-refractivity contribution in [3.63, 3.8) is 0 Å². The van der Waals surface area contributed by atoms with Crippen LogP contribution < -0.4 is 5.32 Å². The summed E-state index contributed by atoms with van der Waals surface area (Å²) >= 11 is 1.56. The summed E-state index contributed by atoms with van der Waals surface area (Å²) in [5.74, 6) is 1.16. The van der Waals surface area contributed by atoms with Gasteiger partial charge in [-0.05, 0) is 35.0 Å². The third-order valence-corrected chi connectivity index (χ3v) is 6.22. The lowest BCUT2D eigenvalue weighted by atomic mass is 9.99. The molecular formula is C17H23NOS2. The Kier molecular flexibility index (Phi) is 6.15. The molecule has 0 saturated heterocycles. The first-order valence-corrected chi connectivity index (χ1v) is 9.56. The molecule has 0 aliphatic rings. The highest BCUT2D eigenvalue weighted by atomic mass is 32.2. The van der Waals surface area contributed by atoms with Crippen LogP contribution in [0.3, 0.4) is 0 Å². The summed E-state index contributed by atoms with van der Waals surface area (Å²) in [7, 11) is -0.942. The maximum Gasteiger partial charge on any atom is 0.0911 e. The van der Waals surface area contributed by atoms with Crippen molar-refractivity contribution >= 4 is 22.1 Å². The minimum atomic E-state index is -0.942. The molecule has 0 spiro atoms. The van der Waals surface area contributed by atoms with Crippen molar-refractivity contribution in [3.8, 4) is 0 Å². The molecule has 4 heteroatoms. The molecule has 2 nitrogen and oxygen atoms in total. The standard InChI is InChI=1S/C17H23NOS2/c1-4-18-16(12-21(19)17-6-5-11-20-17)15-9-7-14(8-10-15)13(2)3/h5-11,13,16,18H,4,12H2,1-3H3. The van der Waals surface area contributed by atoms with E-state index >= 15 is 0 Å². The topological polar surface area (TPSA) is 29.1 Å². The van der Waals surface area contributed by atoms with Gasteiger partial charge < -0.3 is 5.32 Å². The maximum atomic E-state index is 12.4. The molecule has 1 aromatic carbocycles. The van der Waals surface area contributed by atoms with Crippen molar-refractivity contribution in [1.82, 2.24) is 5.32 Å². The van der Waals surface area contributed by atoms with Gasteiger partial charge in [0.2, 0.25) is 0 Å². The molecule has 0 amide bonds. The zero-order chi connectivity index (χ0) is 15.2. The van der Waals surface area contributed by atoms with Gasteiger partial charge in [0.15, 0.2) is 0 Å². The van der Waals surface area contributed by atoms with Gasteiger partial charge in [0.1, 0.15) is 0 Å². The van der Waals surface area contributed by atoms with E-state index in [-0.39, 0.29) is 6.04 Å². The molecule has 2 atom stereocenters. The first-order chi connectivity index (χ1) is 10.1. The molecule has 0 saturated carbocycles. The lowest BCUT2D eigenvalue weighted by Crippen LogP contribution is -2.26. The van der Waals surface area contributed by atoms with Crippen molar-refractivity contribution in [3.05, 3.63) is 52.9 Å². The van der Waals surface area contributed by atoms with Crippen LogP contribution in [-0.4, -0.2) is 16.5 Å². The van der Waals surface area contributed by atoms with Gasteiger partial charge in [-0.15, -0.1) is 11.3 Å². The Morgan fingerprint density at radius 2 is 1.81 bits per heavy atom. The quantitative estimate of drug-likeness (QED) is 0.822. The van der Waals surface area contributed by atoms with Crippen LogP contribution in [0.15, 0.2) is 46.0 Å². The van der Waals surface area contributed by atoms with E-state index in [1.54, 1.807) is 11.3 Å². The second-order valence-corrected chi connectivity index (χ2v) is 8.05. The third kappa shape index (κ3) is 4.50. The first-order valence-electron chi connectivity index (χ1n) is 7.37. The number of rotatable bonds is 7. The van der Waals surface area contributed by atoms with E-state index in [0.717, 1.165) is 10.8 Å². The highest BCUT2D eigenvalue weighted by Crippen LogP contribution is 2.22. The zero-order valence-electron chi connectivity index (χ0n) is 12.8. The Hall–Kier alpha value is -0.970. The van der Waals surface area contributed by atoms with E-state index in [1.807, 2.05) is 17.5 Å². The van der Waals surface area contributed by atoms with Crippen molar-refractivity contribution < 1.29 is 4.21 Å². The van der Waals surface area contributed by atoms with Crippen LogP contribution in [0, 0.1) is 0 Å². The highest BCUT2D eigenvalue weighted by Gasteiger charge is 2.16. The van der Waals surface area contributed by atoms with Gasteiger partial charge in [-0.2, -0.15) is 0 Å². The van der Waals surface area contributed by atoms with Crippen LogP contribution >= 0.6 is 11.3 Å². The van der Waals surface area contributed by atoms with Crippen LogP contribution in [0.4, 0.5) is 0 Å². The highest BCUT2D eigenvalue weighted by molar-refractivity contribution is 7.87. The maximum absolute atomic E-state index is 12.4. The number of thiophene rings is 1. The van der Waals surface area contributed by atoms with Crippen LogP contribution in [0.25, 0.3) is 0 Å². The third-order valence-electron chi connectivity index (χ3n) is 3.49. The van der Waals surface area contributed by atoms with E-state index in [0.29, 0.717) is 11.7 Å². The minimum Gasteiger partial charge on any atom is -0.309 e. The molecular weight excluding hydrogens is 298 g/mol. The Labute approximate surface area is 134 Å². The Morgan fingerprint density at radius 1 is 1.14 bits per heavy atom. The smallest absolute Gasteiger partial charge is 0.0911 e. The Bertz CT molecular complexity index is 561. The fourth-order valence-corrected chi connectivity index (χ4v) is 4.52. The van der Waals surface area contributed by atoms with Crippen LogP contribution in [0.1, 0.15) is 43.9 Å². The fraction of sp³-hybridized carbons (Fsp3) is 0.412. The van der Waals surface area contributed by atoms with Crippen molar-refractivity contribution in [2.24, 2.45) is 0 Å². The van der Waals surface area contributed by atoms with E-state index in [4.69, 9.17) is 0 Å². The number of hydrogen-bond acceptors (Lipinski definition) is 3. The molecule has 2 rings (SSSR count). The van der Waals surface area contributed by atoms with Crippen LogP contribution in [-0.2, 0) is 10.8 Å². The SMILES string of the molecule is CCNC(CS(=O)c1cccs1)c1ccc(C(C)C)cc1. The predicted octanol–water partition coefficient (Wildman–Crippen LogP) is 4.33. The van der Waals surface area contributed by atoms with E-state index < -0.39 is 10.8 Å². The van der Waals surface area contributed by atoms with Crippen molar-refractivity contribution in [2.75, 3.05) is 12.3 Å². The molecule has 114 valence electrons. The summed E-state index contributed by atoms with van der Waals surface area (Å²) in [6, 6.07) is 12.7. The summed E-state index contributed by atoms with van der Waals surface area (Å²) in [6.07, 6.45) is 0. The molecule has 2 unspecified atom stereocenters. The molecule has 1 heterocycles. The lowest BCUT2D eigenvalue weighted by molar-refractivity contribution is 0.594. The van der Waals surface area contributed by atoms with Gasteiger partial charge >= 0.3 is 0 Å². The van der Waals surface area contributed by atoms with E-state index in [1.165, 1.54) is 11.1 Å². The van der Waals surface area contributed by atoms with Gasteiger partial charge in [0, 0.05) is 11.8 Å². The van der Waals surface area contributed by atoms with E-state index in [9.17, 15) is 4.21 Å². The van der Waals surface area contributed by atoms with Crippen molar-refractivity contribution in [1.29, 1.82) is 0 Å². The molecule has 0 bridgehead atoms. The second-order valence-electron chi connectivity index (χ2n) is 5.38. The Balaban J connectivity index is 2.12. The summed E-state index contributed by atoms with van der Waals surface area (Å²) < 4.78 is 13.4. The van der Waals surface area contributed by atoms with Crippen LogP contribution in [0.2, 0.25) is 0 Å². The summed E-state index contributed by atoms with van der Waals surface area (Å²) in [5, 5.41) is 5.43. The predicted molar refractivity (Wildman–Crippen MR) is 92.5 cm³/mol. The molecule has 0 aliphatic heterocycles. The molecule has 1 aromatic heterocycles. The molecule has 21 heavy (non-hydrogen) atoms. The molecule has 2 aromatic rings. The molecule has 0 radical (unpaired) electrons. The summed E-state index contributed by atoms with van der Waals surface area (Å²) in [5.41, 5.74) is 2.56. The normalized spacial score (nSPS) is 14.3. The number of benzene rings is 1. The fourth-order valence-electron chi connectivity index (χ4n) is 2.26. The van der Waals surface area contributed by atoms with Gasteiger partial charge in [0.25, 0.3) is 0 Å². The second kappa shape index (κ2) is 7.87. The number of hydrogen-bond donors (Lipinski definition) is 1. The van der Waals surface area contributed by atoms with Gasteiger partial charge in [-0.3, -0.25) is 4.21 Å². The van der Waals surface area contributed by atoms with Gasteiger partial charge in [-0.25, -0.2) is 0 Å². The van der Waals surface area contributed by atoms with Crippen molar-refractivity contribution in [2.45, 2.75) is 36.9 Å². The summed E-state index contributed by atoms with van der Waals surface area (Å²) in [4.78, 5) is 0.